The fourth-order valence-corrected chi connectivity index (χ4v) is 2.12. The summed E-state index contributed by atoms with van der Waals surface area (Å²) in [5.41, 5.74) is 3.82. The highest BCUT2D eigenvalue weighted by atomic mass is 32.2. The SMILES string of the molecule is C=C(C)C(CSc1ccccc1)NN. The van der Waals surface area contributed by atoms with Gasteiger partial charge in [0.05, 0.1) is 6.04 Å². The Balaban J connectivity index is 2.44. The lowest BCUT2D eigenvalue weighted by Crippen LogP contribution is -2.37. The van der Waals surface area contributed by atoms with E-state index in [2.05, 4.69) is 24.1 Å². The van der Waals surface area contributed by atoms with E-state index in [1.807, 2.05) is 25.1 Å². The van der Waals surface area contributed by atoms with E-state index in [1.165, 1.54) is 4.90 Å². The van der Waals surface area contributed by atoms with Crippen LogP contribution in [0.2, 0.25) is 0 Å². The number of hydrogen-bond donors (Lipinski definition) is 2. The maximum absolute atomic E-state index is 5.41. The highest BCUT2D eigenvalue weighted by Gasteiger charge is 2.06. The van der Waals surface area contributed by atoms with E-state index in [9.17, 15) is 0 Å². The van der Waals surface area contributed by atoms with Crippen molar-refractivity contribution in [3.63, 3.8) is 0 Å². The minimum absolute atomic E-state index is 0.181. The van der Waals surface area contributed by atoms with E-state index in [4.69, 9.17) is 5.84 Å². The molecule has 0 aliphatic carbocycles. The molecule has 1 atom stereocenters. The number of thioether (sulfide) groups is 1. The second kappa shape index (κ2) is 5.86. The van der Waals surface area contributed by atoms with Gasteiger partial charge in [-0.25, -0.2) is 0 Å². The molecule has 3 heteroatoms. The molecular formula is C11H16N2S. The molecule has 0 radical (unpaired) electrons. The van der Waals surface area contributed by atoms with Gasteiger partial charge in [0.1, 0.15) is 0 Å². The Bertz CT molecular complexity index is 285. The van der Waals surface area contributed by atoms with Crippen molar-refractivity contribution < 1.29 is 0 Å². The Morgan fingerprint density at radius 1 is 1.50 bits per heavy atom. The molecule has 14 heavy (non-hydrogen) atoms. The van der Waals surface area contributed by atoms with Gasteiger partial charge in [-0.05, 0) is 19.1 Å². The lowest BCUT2D eigenvalue weighted by atomic mass is 10.2. The molecule has 0 amide bonds. The summed E-state index contributed by atoms with van der Waals surface area (Å²) in [6.07, 6.45) is 0. The van der Waals surface area contributed by atoms with Crippen LogP contribution >= 0.6 is 11.8 Å². The van der Waals surface area contributed by atoms with E-state index < -0.39 is 0 Å². The predicted molar refractivity (Wildman–Crippen MR) is 63.1 cm³/mol. The first-order chi connectivity index (χ1) is 6.74. The molecule has 0 aliphatic rings. The van der Waals surface area contributed by atoms with E-state index in [0.29, 0.717) is 0 Å². The number of hydrogen-bond acceptors (Lipinski definition) is 3. The van der Waals surface area contributed by atoms with Gasteiger partial charge >= 0.3 is 0 Å². The first-order valence-electron chi connectivity index (χ1n) is 4.53. The predicted octanol–water partition coefficient (Wildman–Crippen LogP) is 2.19. The number of benzene rings is 1. The van der Waals surface area contributed by atoms with Crippen molar-refractivity contribution in [2.45, 2.75) is 17.9 Å². The molecule has 0 aliphatic heterocycles. The number of hydrazine groups is 1. The summed E-state index contributed by atoms with van der Waals surface area (Å²) in [6, 6.07) is 10.5. The van der Waals surface area contributed by atoms with Crippen LogP contribution in [0.4, 0.5) is 0 Å². The molecule has 1 aromatic carbocycles. The summed E-state index contributed by atoms with van der Waals surface area (Å²) in [5, 5.41) is 0. The molecule has 0 saturated carbocycles. The van der Waals surface area contributed by atoms with Crippen molar-refractivity contribution in [2.75, 3.05) is 5.75 Å². The second-order valence-electron chi connectivity index (χ2n) is 3.19. The van der Waals surface area contributed by atoms with Gasteiger partial charge in [0.2, 0.25) is 0 Å². The molecule has 76 valence electrons. The number of rotatable bonds is 5. The summed E-state index contributed by atoms with van der Waals surface area (Å²) < 4.78 is 0. The first kappa shape index (κ1) is 11.3. The Morgan fingerprint density at radius 2 is 2.14 bits per heavy atom. The smallest absolute Gasteiger partial charge is 0.0508 e. The van der Waals surface area contributed by atoms with Gasteiger partial charge in [-0.1, -0.05) is 30.4 Å². The van der Waals surface area contributed by atoms with Gasteiger partial charge in [0.15, 0.2) is 0 Å². The summed E-state index contributed by atoms with van der Waals surface area (Å²) >= 11 is 1.78. The largest absolute Gasteiger partial charge is 0.271 e. The van der Waals surface area contributed by atoms with E-state index in [0.717, 1.165) is 11.3 Å². The Kier molecular flexibility index (Phi) is 4.73. The molecule has 0 spiro atoms. The van der Waals surface area contributed by atoms with Crippen LogP contribution in [0.5, 0.6) is 0 Å². The summed E-state index contributed by atoms with van der Waals surface area (Å²) in [4.78, 5) is 1.26. The minimum atomic E-state index is 0.181. The Morgan fingerprint density at radius 3 is 2.64 bits per heavy atom. The van der Waals surface area contributed by atoms with Crippen molar-refractivity contribution in [1.29, 1.82) is 0 Å². The molecule has 0 aromatic heterocycles. The average Bonchev–Trinajstić information content (AvgIpc) is 2.20. The van der Waals surface area contributed by atoms with Crippen LogP contribution < -0.4 is 11.3 Å². The fraction of sp³-hybridized carbons (Fsp3) is 0.273. The summed E-state index contributed by atoms with van der Waals surface area (Å²) in [7, 11) is 0. The number of nitrogens with one attached hydrogen (secondary N) is 1. The van der Waals surface area contributed by atoms with Crippen molar-refractivity contribution >= 4 is 11.8 Å². The summed E-state index contributed by atoms with van der Waals surface area (Å²) in [5.74, 6) is 6.33. The highest BCUT2D eigenvalue weighted by molar-refractivity contribution is 7.99. The van der Waals surface area contributed by atoms with Gasteiger partial charge in [-0.2, -0.15) is 0 Å². The van der Waals surface area contributed by atoms with Crippen LogP contribution in [0.3, 0.4) is 0 Å². The third kappa shape index (κ3) is 3.54. The van der Waals surface area contributed by atoms with E-state index in [1.54, 1.807) is 11.8 Å². The van der Waals surface area contributed by atoms with Crippen molar-refractivity contribution in [3.05, 3.63) is 42.5 Å². The molecule has 1 aromatic rings. The zero-order chi connectivity index (χ0) is 10.4. The van der Waals surface area contributed by atoms with Gasteiger partial charge in [-0.3, -0.25) is 11.3 Å². The third-order valence-electron chi connectivity index (χ3n) is 1.96. The van der Waals surface area contributed by atoms with Crippen molar-refractivity contribution in [2.24, 2.45) is 5.84 Å². The van der Waals surface area contributed by atoms with E-state index in [-0.39, 0.29) is 6.04 Å². The number of nitrogens with two attached hydrogens (primary N) is 1. The van der Waals surface area contributed by atoms with Crippen LogP contribution in [0.1, 0.15) is 6.92 Å². The molecule has 0 saturated heterocycles. The van der Waals surface area contributed by atoms with Crippen LogP contribution in [-0.2, 0) is 0 Å². The average molecular weight is 208 g/mol. The second-order valence-corrected chi connectivity index (χ2v) is 4.28. The molecule has 3 N–H and O–H groups in total. The van der Waals surface area contributed by atoms with Crippen molar-refractivity contribution in [1.82, 2.24) is 5.43 Å². The van der Waals surface area contributed by atoms with Crippen LogP contribution in [0.25, 0.3) is 0 Å². The normalized spacial score (nSPS) is 12.4. The van der Waals surface area contributed by atoms with Crippen molar-refractivity contribution in [3.8, 4) is 0 Å². The maximum Gasteiger partial charge on any atom is 0.0508 e. The highest BCUT2D eigenvalue weighted by Crippen LogP contribution is 2.19. The summed E-state index contributed by atoms with van der Waals surface area (Å²) in [6.45, 7) is 5.86. The van der Waals surface area contributed by atoms with Crippen LogP contribution in [0.15, 0.2) is 47.4 Å². The van der Waals surface area contributed by atoms with Crippen LogP contribution in [0, 0.1) is 0 Å². The zero-order valence-electron chi connectivity index (χ0n) is 8.36. The van der Waals surface area contributed by atoms with Gasteiger partial charge in [-0.15, -0.1) is 11.8 Å². The monoisotopic (exact) mass is 208 g/mol. The standard InChI is InChI=1S/C11H16N2S/c1-9(2)11(13-12)8-14-10-6-4-3-5-7-10/h3-7,11,13H,1,8,12H2,2H3. The lowest BCUT2D eigenvalue weighted by molar-refractivity contribution is 0.649. The maximum atomic E-state index is 5.41. The molecule has 1 rings (SSSR count). The quantitative estimate of drug-likeness (QED) is 0.337. The molecule has 1 unspecified atom stereocenters. The molecular weight excluding hydrogens is 192 g/mol. The lowest BCUT2D eigenvalue weighted by Gasteiger charge is -2.14. The van der Waals surface area contributed by atoms with Gasteiger partial charge in [0.25, 0.3) is 0 Å². The van der Waals surface area contributed by atoms with Gasteiger partial charge in [0, 0.05) is 10.6 Å². The Hall–Kier alpha value is -0.770. The van der Waals surface area contributed by atoms with Gasteiger partial charge < -0.3 is 0 Å². The van der Waals surface area contributed by atoms with Crippen LogP contribution in [-0.4, -0.2) is 11.8 Å². The zero-order valence-corrected chi connectivity index (χ0v) is 9.18. The molecule has 0 heterocycles. The third-order valence-corrected chi connectivity index (χ3v) is 3.06. The Labute approximate surface area is 89.5 Å². The fourth-order valence-electron chi connectivity index (χ4n) is 1.03. The molecule has 2 nitrogen and oxygen atoms in total. The first-order valence-corrected chi connectivity index (χ1v) is 5.52. The minimum Gasteiger partial charge on any atom is -0.271 e. The molecule has 0 bridgehead atoms. The van der Waals surface area contributed by atoms with E-state index >= 15 is 0 Å². The molecule has 0 fully saturated rings. The topological polar surface area (TPSA) is 38.0 Å².